The number of likely N-dealkylation sites (tertiary alicyclic amines) is 1. The second-order valence-corrected chi connectivity index (χ2v) is 6.08. The van der Waals surface area contributed by atoms with Gasteiger partial charge < -0.3 is 5.11 Å². The second-order valence-electron chi connectivity index (χ2n) is 6.08. The number of carboxylic acids is 1. The van der Waals surface area contributed by atoms with Crippen molar-refractivity contribution in [2.24, 2.45) is 0 Å². The summed E-state index contributed by atoms with van der Waals surface area (Å²) in [5.74, 6) is -0.686. The van der Waals surface area contributed by atoms with Crippen molar-refractivity contribution in [2.45, 2.75) is 58.5 Å². The molecular formula is C17H25NO2. The Labute approximate surface area is 121 Å². The molecule has 0 aliphatic carbocycles. The summed E-state index contributed by atoms with van der Waals surface area (Å²) in [5, 5.41) is 9.10. The number of rotatable bonds is 4. The van der Waals surface area contributed by atoms with E-state index < -0.39 is 5.97 Å². The lowest BCUT2D eigenvalue weighted by molar-refractivity contribution is -0.139. The van der Waals surface area contributed by atoms with Gasteiger partial charge in [-0.05, 0) is 45.7 Å². The van der Waals surface area contributed by atoms with Gasteiger partial charge in [0.1, 0.15) is 0 Å². The summed E-state index contributed by atoms with van der Waals surface area (Å²) in [6, 6.07) is 7.10. The van der Waals surface area contributed by atoms with Crippen LogP contribution in [0.2, 0.25) is 0 Å². The molecule has 0 aromatic heterocycles. The van der Waals surface area contributed by atoms with Crippen molar-refractivity contribution in [2.75, 3.05) is 6.54 Å². The molecule has 1 fully saturated rings. The first kappa shape index (κ1) is 15.0. The summed E-state index contributed by atoms with van der Waals surface area (Å²) in [6.07, 6.45) is 3.58. The van der Waals surface area contributed by atoms with E-state index in [1.165, 1.54) is 23.1 Å². The fourth-order valence-electron chi connectivity index (χ4n) is 3.40. The molecule has 1 saturated heterocycles. The van der Waals surface area contributed by atoms with Gasteiger partial charge in [-0.3, -0.25) is 9.69 Å². The lowest BCUT2D eigenvalue weighted by Crippen LogP contribution is -2.42. The molecule has 1 N–H and O–H groups in total. The van der Waals surface area contributed by atoms with Crippen molar-refractivity contribution in [3.05, 3.63) is 34.9 Å². The lowest BCUT2D eigenvalue weighted by atomic mass is 9.94. The summed E-state index contributed by atoms with van der Waals surface area (Å²) in [6.45, 7) is 7.45. The van der Waals surface area contributed by atoms with Gasteiger partial charge in [-0.25, -0.2) is 0 Å². The van der Waals surface area contributed by atoms with E-state index in [9.17, 15) is 4.79 Å². The highest BCUT2D eigenvalue weighted by molar-refractivity contribution is 5.67. The van der Waals surface area contributed by atoms with E-state index in [0.717, 1.165) is 19.4 Å². The molecule has 0 bridgehead atoms. The van der Waals surface area contributed by atoms with Crippen molar-refractivity contribution in [3.63, 3.8) is 0 Å². The van der Waals surface area contributed by atoms with Gasteiger partial charge >= 0.3 is 5.97 Å². The lowest BCUT2D eigenvalue weighted by Gasteiger charge is -2.39. The van der Waals surface area contributed by atoms with Crippen molar-refractivity contribution < 1.29 is 9.90 Å². The molecule has 0 spiro atoms. The Bertz CT molecular complexity index is 464. The van der Waals surface area contributed by atoms with Crippen LogP contribution in [0.1, 0.15) is 55.3 Å². The maximum atomic E-state index is 11.1. The third-order valence-electron chi connectivity index (χ3n) is 4.31. The Morgan fingerprint density at radius 1 is 1.30 bits per heavy atom. The van der Waals surface area contributed by atoms with Crippen LogP contribution in [0.3, 0.4) is 0 Å². The highest BCUT2D eigenvalue weighted by Crippen LogP contribution is 2.30. The maximum Gasteiger partial charge on any atom is 0.304 e. The molecule has 2 atom stereocenters. The molecule has 3 heteroatoms. The Morgan fingerprint density at radius 3 is 2.55 bits per heavy atom. The zero-order chi connectivity index (χ0) is 14.7. The maximum absolute atomic E-state index is 11.1. The number of hydrogen-bond acceptors (Lipinski definition) is 2. The first-order valence-electron chi connectivity index (χ1n) is 7.53. The van der Waals surface area contributed by atoms with Crippen LogP contribution in [0.15, 0.2) is 18.2 Å². The molecule has 0 saturated carbocycles. The van der Waals surface area contributed by atoms with E-state index >= 15 is 0 Å². The summed E-state index contributed by atoms with van der Waals surface area (Å²) in [4.78, 5) is 13.4. The minimum atomic E-state index is -0.686. The largest absolute Gasteiger partial charge is 0.481 e. The molecule has 2 rings (SSSR count). The third-order valence-corrected chi connectivity index (χ3v) is 4.31. The third kappa shape index (κ3) is 3.60. The van der Waals surface area contributed by atoms with Crippen LogP contribution in [0.4, 0.5) is 0 Å². The SMILES string of the molecule is Cc1cc(C)cc(C(C)N2CCCCC2CC(=O)O)c1. The van der Waals surface area contributed by atoms with Gasteiger partial charge in [-0.15, -0.1) is 0 Å². The predicted octanol–water partition coefficient (Wildman–Crippen LogP) is 3.69. The first-order valence-corrected chi connectivity index (χ1v) is 7.53. The van der Waals surface area contributed by atoms with Gasteiger partial charge in [0.05, 0.1) is 6.42 Å². The fourth-order valence-corrected chi connectivity index (χ4v) is 3.40. The summed E-state index contributed by atoms with van der Waals surface area (Å²) in [5.41, 5.74) is 3.86. The highest BCUT2D eigenvalue weighted by atomic mass is 16.4. The summed E-state index contributed by atoms with van der Waals surface area (Å²) < 4.78 is 0. The van der Waals surface area contributed by atoms with Gasteiger partial charge in [0.25, 0.3) is 0 Å². The van der Waals surface area contributed by atoms with Crippen LogP contribution < -0.4 is 0 Å². The van der Waals surface area contributed by atoms with Crippen molar-refractivity contribution in [1.29, 1.82) is 0 Å². The molecule has 1 aromatic carbocycles. The number of carboxylic acid groups (broad SMARTS) is 1. The van der Waals surface area contributed by atoms with Crippen LogP contribution in [0, 0.1) is 13.8 Å². The van der Waals surface area contributed by atoms with Gasteiger partial charge in [0, 0.05) is 12.1 Å². The van der Waals surface area contributed by atoms with Crippen molar-refractivity contribution >= 4 is 5.97 Å². The Hall–Kier alpha value is -1.35. The molecule has 2 unspecified atom stereocenters. The molecule has 1 aromatic rings. The van der Waals surface area contributed by atoms with Crippen molar-refractivity contribution in [3.8, 4) is 0 Å². The zero-order valence-electron chi connectivity index (χ0n) is 12.7. The molecule has 0 radical (unpaired) electrons. The van der Waals surface area contributed by atoms with Crippen LogP contribution in [0.25, 0.3) is 0 Å². The number of nitrogens with zero attached hydrogens (tertiary/aromatic N) is 1. The highest BCUT2D eigenvalue weighted by Gasteiger charge is 2.28. The number of carbonyl (C=O) groups is 1. The van der Waals surface area contributed by atoms with E-state index in [-0.39, 0.29) is 12.5 Å². The molecule has 1 aliphatic rings. The molecule has 110 valence electrons. The van der Waals surface area contributed by atoms with Gasteiger partial charge in [-0.2, -0.15) is 0 Å². The number of hydrogen-bond donors (Lipinski definition) is 1. The number of aryl methyl sites for hydroxylation is 2. The quantitative estimate of drug-likeness (QED) is 0.911. The van der Waals surface area contributed by atoms with Crippen LogP contribution in [-0.4, -0.2) is 28.6 Å². The van der Waals surface area contributed by atoms with E-state index in [4.69, 9.17) is 5.11 Å². The second kappa shape index (κ2) is 6.40. The summed E-state index contributed by atoms with van der Waals surface area (Å²) in [7, 11) is 0. The van der Waals surface area contributed by atoms with Crippen LogP contribution in [0.5, 0.6) is 0 Å². The Kier molecular flexibility index (Phi) is 4.81. The molecule has 3 nitrogen and oxygen atoms in total. The molecule has 0 amide bonds. The average molecular weight is 275 g/mol. The zero-order valence-corrected chi connectivity index (χ0v) is 12.7. The first-order chi connectivity index (χ1) is 9.47. The standard InChI is InChI=1S/C17H25NO2/c1-12-8-13(2)10-15(9-12)14(3)18-7-5-4-6-16(18)11-17(19)20/h8-10,14,16H,4-7,11H2,1-3H3,(H,19,20). The van der Waals surface area contributed by atoms with E-state index in [0.29, 0.717) is 6.04 Å². The topological polar surface area (TPSA) is 40.5 Å². The average Bonchev–Trinajstić information content (AvgIpc) is 2.36. The molecule has 1 heterocycles. The Morgan fingerprint density at radius 2 is 1.95 bits per heavy atom. The minimum Gasteiger partial charge on any atom is -0.481 e. The predicted molar refractivity (Wildman–Crippen MR) is 80.9 cm³/mol. The molecule has 1 aliphatic heterocycles. The van der Waals surface area contributed by atoms with Gasteiger partial charge in [0.15, 0.2) is 0 Å². The van der Waals surface area contributed by atoms with Crippen LogP contribution >= 0.6 is 0 Å². The molecule has 20 heavy (non-hydrogen) atoms. The molecular weight excluding hydrogens is 250 g/mol. The Balaban J connectivity index is 2.20. The number of piperidine rings is 1. The number of aliphatic carboxylic acids is 1. The monoisotopic (exact) mass is 275 g/mol. The van der Waals surface area contributed by atoms with Gasteiger partial charge in [0.2, 0.25) is 0 Å². The van der Waals surface area contributed by atoms with E-state index in [2.05, 4.69) is 43.9 Å². The minimum absolute atomic E-state index is 0.178. The van der Waals surface area contributed by atoms with Crippen LogP contribution in [-0.2, 0) is 4.79 Å². The fraction of sp³-hybridized carbons (Fsp3) is 0.588. The van der Waals surface area contributed by atoms with Gasteiger partial charge in [-0.1, -0.05) is 35.7 Å². The smallest absolute Gasteiger partial charge is 0.304 e. The normalized spacial score (nSPS) is 21.6. The summed E-state index contributed by atoms with van der Waals surface area (Å²) >= 11 is 0. The van der Waals surface area contributed by atoms with Crippen molar-refractivity contribution in [1.82, 2.24) is 4.90 Å². The number of benzene rings is 1. The van der Waals surface area contributed by atoms with E-state index in [1.807, 2.05) is 0 Å². The van der Waals surface area contributed by atoms with E-state index in [1.54, 1.807) is 0 Å².